The molecular formula is C15H15FN2OS. The van der Waals surface area contributed by atoms with Crippen molar-refractivity contribution >= 4 is 11.8 Å². The number of rotatable bonds is 2. The zero-order chi connectivity index (χ0) is 14.1. The topological polar surface area (TPSA) is 34.9 Å². The minimum absolute atomic E-state index is 0.00865. The molecule has 1 aromatic carbocycles. The lowest BCUT2D eigenvalue weighted by Crippen LogP contribution is -2.29. The van der Waals surface area contributed by atoms with Gasteiger partial charge < -0.3 is 0 Å². The number of benzene rings is 1. The molecule has 0 N–H and O–H groups in total. The van der Waals surface area contributed by atoms with E-state index in [9.17, 15) is 9.18 Å². The fourth-order valence-electron chi connectivity index (χ4n) is 2.59. The molecule has 0 atom stereocenters. The Morgan fingerprint density at radius 3 is 2.60 bits per heavy atom. The van der Waals surface area contributed by atoms with Gasteiger partial charge in [-0.3, -0.25) is 9.36 Å². The highest BCUT2D eigenvalue weighted by molar-refractivity contribution is 7.98. The van der Waals surface area contributed by atoms with E-state index in [4.69, 9.17) is 0 Å². The van der Waals surface area contributed by atoms with E-state index >= 15 is 0 Å². The van der Waals surface area contributed by atoms with Gasteiger partial charge in [-0.15, -0.1) is 0 Å². The van der Waals surface area contributed by atoms with E-state index in [1.165, 1.54) is 23.9 Å². The molecule has 1 aliphatic rings. The van der Waals surface area contributed by atoms with E-state index in [1.54, 1.807) is 16.7 Å². The lowest BCUT2D eigenvalue weighted by molar-refractivity contribution is 0.617. The van der Waals surface area contributed by atoms with Crippen LogP contribution in [0.3, 0.4) is 0 Å². The smallest absolute Gasteiger partial charge is 0.262 e. The van der Waals surface area contributed by atoms with Gasteiger partial charge in [0.1, 0.15) is 5.82 Å². The molecule has 0 saturated carbocycles. The first-order valence-corrected chi connectivity index (χ1v) is 7.88. The number of thioether (sulfide) groups is 1. The lowest BCUT2D eigenvalue weighted by Gasteiger charge is -2.18. The second kappa shape index (κ2) is 5.40. The summed E-state index contributed by atoms with van der Waals surface area (Å²) in [4.78, 5) is 17.3. The average Bonchev–Trinajstić information content (AvgIpc) is 2.48. The van der Waals surface area contributed by atoms with Crippen LogP contribution in [0.5, 0.6) is 0 Å². The molecule has 0 fully saturated rings. The highest BCUT2D eigenvalue weighted by atomic mass is 32.2. The number of nitrogens with zero attached hydrogens (tertiary/aromatic N) is 2. The third kappa shape index (κ3) is 2.26. The van der Waals surface area contributed by atoms with Gasteiger partial charge in [0.15, 0.2) is 5.16 Å². The second-order valence-electron chi connectivity index (χ2n) is 4.85. The lowest BCUT2D eigenvalue weighted by atomic mass is 9.97. The third-order valence-electron chi connectivity index (χ3n) is 3.59. The van der Waals surface area contributed by atoms with Gasteiger partial charge in [0, 0.05) is 5.56 Å². The van der Waals surface area contributed by atoms with Crippen LogP contribution in [0.15, 0.2) is 34.2 Å². The minimum Gasteiger partial charge on any atom is -0.269 e. The summed E-state index contributed by atoms with van der Waals surface area (Å²) >= 11 is 1.44. The Morgan fingerprint density at radius 1 is 1.20 bits per heavy atom. The van der Waals surface area contributed by atoms with Crippen LogP contribution >= 0.6 is 11.8 Å². The molecule has 0 bridgehead atoms. The Balaban J connectivity index is 2.23. The summed E-state index contributed by atoms with van der Waals surface area (Å²) < 4.78 is 14.6. The van der Waals surface area contributed by atoms with Crippen LogP contribution in [-0.2, 0) is 12.8 Å². The van der Waals surface area contributed by atoms with Crippen molar-refractivity contribution < 1.29 is 4.39 Å². The number of hydrogen-bond acceptors (Lipinski definition) is 3. The number of aryl methyl sites for hydroxylation is 1. The Bertz CT molecular complexity index is 694. The first-order chi connectivity index (χ1) is 9.70. The van der Waals surface area contributed by atoms with Crippen LogP contribution in [0.2, 0.25) is 0 Å². The van der Waals surface area contributed by atoms with Gasteiger partial charge in [-0.05, 0) is 56.2 Å². The highest BCUT2D eigenvalue weighted by Crippen LogP contribution is 2.22. The van der Waals surface area contributed by atoms with Crippen molar-refractivity contribution in [3.8, 4) is 5.69 Å². The summed E-state index contributed by atoms with van der Waals surface area (Å²) in [6, 6.07) is 5.97. The number of hydrogen-bond donors (Lipinski definition) is 0. The van der Waals surface area contributed by atoms with E-state index in [0.29, 0.717) is 10.8 Å². The summed E-state index contributed by atoms with van der Waals surface area (Å²) in [5.41, 5.74) is 2.41. The number of fused-ring (bicyclic) bond motifs is 1. The highest BCUT2D eigenvalue weighted by Gasteiger charge is 2.19. The van der Waals surface area contributed by atoms with Crippen molar-refractivity contribution in [1.29, 1.82) is 0 Å². The van der Waals surface area contributed by atoms with Crippen LogP contribution in [-0.4, -0.2) is 15.8 Å². The van der Waals surface area contributed by atoms with Crippen molar-refractivity contribution in [3.05, 3.63) is 51.7 Å². The monoisotopic (exact) mass is 290 g/mol. The first-order valence-electron chi connectivity index (χ1n) is 6.65. The van der Waals surface area contributed by atoms with Gasteiger partial charge in [-0.2, -0.15) is 0 Å². The van der Waals surface area contributed by atoms with Crippen molar-refractivity contribution in [2.24, 2.45) is 0 Å². The van der Waals surface area contributed by atoms with Gasteiger partial charge in [-0.1, -0.05) is 11.8 Å². The molecule has 104 valence electrons. The SMILES string of the molecule is CSc1nc2c(c(=O)n1-c1ccc(F)cc1)CCCC2. The van der Waals surface area contributed by atoms with Crippen molar-refractivity contribution in [2.45, 2.75) is 30.8 Å². The molecule has 0 radical (unpaired) electrons. The van der Waals surface area contributed by atoms with Gasteiger partial charge in [-0.25, -0.2) is 9.37 Å². The summed E-state index contributed by atoms with van der Waals surface area (Å²) in [5, 5.41) is 0.669. The summed E-state index contributed by atoms with van der Waals surface area (Å²) in [6.45, 7) is 0. The van der Waals surface area contributed by atoms with Crippen LogP contribution < -0.4 is 5.56 Å². The van der Waals surface area contributed by atoms with Gasteiger partial charge in [0.05, 0.1) is 11.4 Å². The zero-order valence-electron chi connectivity index (χ0n) is 11.2. The Morgan fingerprint density at radius 2 is 1.90 bits per heavy atom. The molecule has 3 nitrogen and oxygen atoms in total. The van der Waals surface area contributed by atoms with Crippen LogP contribution in [0.25, 0.3) is 5.69 Å². The van der Waals surface area contributed by atoms with E-state index < -0.39 is 0 Å². The predicted molar refractivity (Wildman–Crippen MR) is 78.2 cm³/mol. The van der Waals surface area contributed by atoms with E-state index in [1.807, 2.05) is 6.26 Å². The molecular weight excluding hydrogens is 275 g/mol. The molecule has 0 aliphatic heterocycles. The molecule has 1 aliphatic carbocycles. The predicted octanol–water partition coefficient (Wildman–Crippen LogP) is 2.97. The van der Waals surface area contributed by atoms with E-state index in [0.717, 1.165) is 36.9 Å². The molecule has 1 heterocycles. The molecule has 3 rings (SSSR count). The quantitative estimate of drug-likeness (QED) is 0.630. The van der Waals surface area contributed by atoms with Crippen molar-refractivity contribution in [3.63, 3.8) is 0 Å². The van der Waals surface area contributed by atoms with Gasteiger partial charge in [0.25, 0.3) is 5.56 Å². The van der Waals surface area contributed by atoms with Crippen LogP contribution in [0, 0.1) is 5.82 Å². The Hall–Kier alpha value is -1.62. The molecule has 0 saturated heterocycles. The standard InChI is InChI=1S/C15H15FN2OS/c1-20-15-17-13-5-3-2-4-12(13)14(19)18(15)11-8-6-10(16)7-9-11/h6-9H,2-5H2,1H3. The van der Waals surface area contributed by atoms with Crippen LogP contribution in [0.4, 0.5) is 4.39 Å². The van der Waals surface area contributed by atoms with Gasteiger partial charge in [0.2, 0.25) is 0 Å². The maximum Gasteiger partial charge on any atom is 0.262 e. The Kier molecular flexibility index (Phi) is 3.61. The second-order valence-corrected chi connectivity index (χ2v) is 5.62. The molecule has 0 spiro atoms. The zero-order valence-corrected chi connectivity index (χ0v) is 12.0. The third-order valence-corrected chi connectivity index (χ3v) is 4.23. The van der Waals surface area contributed by atoms with E-state index in [2.05, 4.69) is 4.98 Å². The molecule has 2 aromatic rings. The molecule has 0 unspecified atom stereocenters. The average molecular weight is 290 g/mol. The van der Waals surface area contributed by atoms with Crippen molar-refractivity contribution in [1.82, 2.24) is 9.55 Å². The maximum absolute atomic E-state index is 13.1. The maximum atomic E-state index is 13.1. The van der Waals surface area contributed by atoms with Crippen molar-refractivity contribution in [2.75, 3.05) is 6.26 Å². The Labute approximate surface area is 120 Å². The fraction of sp³-hybridized carbons (Fsp3) is 0.333. The number of halogens is 1. The largest absolute Gasteiger partial charge is 0.269 e. The summed E-state index contributed by atoms with van der Waals surface area (Å²) in [7, 11) is 0. The first kappa shape index (κ1) is 13.4. The van der Waals surface area contributed by atoms with Gasteiger partial charge >= 0.3 is 0 Å². The minimum atomic E-state index is -0.307. The summed E-state index contributed by atoms with van der Waals surface area (Å²) in [5.74, 6) is -0.307. The van der Waals surface area contributed by atoms with E-state index in [-0.39, 0.29) is 11.4 Å². The molecule has 1 aromatic heterocycles. The molecule has 5 heteroatoms. The fourth-order valence-corrected chi connectivity index (χ4v) is 3.16. The summed E-state index contributed by atoms with van der Waals surface area (Å²) in [6.07, 6.45) is 5.69. The molecule has 20 heavy (non-hydrogen) atoms. The molecule has 0 amide bonds. The normalized spacial score (nSPS) is 14.1. The number of aromatic nitrogens is 2. The van der Waals surface area contributed by atoms with Crippen LogP contribution in [0.1, 0.15) is 24.1 Å².